The molecule has 0 saturated carbocycles. The quantitative estimate of drug-likeness (QED) is 0.470. The molecule has 1 aromatic rings. The fourth-order valence-electron chi connectivity index (χ4n) is 1.44. The van der Waals surface area contributed by atoms with Gasteiger partial charge in [-0.05, 0) is 32.9 Å². The summed E-state index contributed by atoms with van der Waals surface area (Å²) in [5.41, 5.74) is 5.86. The predicted molar refractivity (Wildman–Crippen MR) is 75.2 cm³/mol. The fourth-order valence-corrected chi connectivity index (χ4v) is 1.44. The molecular formula is C14H22N2O3. The second-order valence-electron chi connectivity index (χ2n) is 5.12. The zero-order chi connectivity index (χ0) is 14.5. The van der Waals surface area contributed by atoms with E-state index in [1.807, 2.05) is 20.8 Å². The van der Waals surface area contributed by atoms with E-state index in [0.717, 1.165) is 0 Å². The van der Waals surface area contributed by atoms with E-state index in [2.05, 4.69) is 0 Å². The average molecular weight is 266 g/mol. The topological polar surface area (TPSA) is 77.6 Å². The first-order chi connectivity index (χ1) is 8.81. The Balaban J connectivity index is 2.62. The van der Waals surface area contributed by atoms with Crippen LogP contribution in [0, 0.1) is 5.41 Å². The van der Waals surface area contributed by atoms with Crippen LogP contribution in [0.15, 0.2) is 18.2 Å². The van der Waals surface area contributed by atoms with Crippen molar-refractivity contribution in [3.05, 3.63) is 23.8 Å². The minimum absolute atomic E-state index is 0.0188. The SMILES string of the molecule is COc1cc(OCCOC(C)(C)C)cc(C(=N)N)c1. The number of nitrogens with two attached hydrogens (primary N) is 1. The van der Waals surface area contributed by atoms with Crippen LogP contribution >= 0.6 is 0 Å². The van der Waals surface area contributed by atoms with E-state index in [9.17, 15) is 0 Å². The molecule has 0 amide bonds. The molecule has 0 radical (unpaired) electrons. The van der Waals surface area contributed by atoms with Gasteiger partial charge < -0.3 is 19.9 Å². The van der Waals surface area contributed by atoms with Crippen molar-refractivity contribution in [2.45, 2.75) is 26.4 Å². The Kier molecular flexibility index (Phi) is 5.18. The van der Waals surface area contributed by atoms with Gasteiger partial charge in [-0.3, -0.25) is 5.41 Å². The second-order valence-corrected chi connectivity index (χ2v) is 5.12. The highest BCUT2D eigenvalue weighted by molar-refractivity contribution is 5.95. The van der Waals surface area contributed by atoms with Crippen LogP contribution in [-0.2, 0) is 4.74 Å². The van der Waals surface area contributed by atoms with Gasteiger partial charge >= 0.3 is 0 Å². The van der Waals surface area contributed by atoms with Crippen LogP contribution in [-0.4, -0.2) is 31.8 Å². The Morgan fingerprint density at radius 3 is 2.32 bits per heavy atom. The molecule has 5 heteroatoms. The van der Waals surface area contributed by atoms with Gasteiger partial charge in [0.1, 0.15) is 23.9 Å². The first kappa shape index (κ1) is 15.3. The summed E-state index contributed by atoms with van der Waals surface area (Å²) in [4.78, 5) is 0. The van der Waals surface area contributed by atoms with Crippen LogP contribution in [0.25, 0.3) is 0 Å². The van der Waals surface area contributed by atoms with Gasteiger partial charge in [0.15, 0.2) is 0 Å². The summed E-state index contributed by atoms with van der Waals surface area (Å²) in [5, 5.41) is 7.44. The van der Waals surface area contributed by atoms with Gasteiger partial charge in [-0.1, -0.05) is 0 Å². The van der Waals surface area contributed by atoms with Gasteiger partial charge in [0.2, 0.25) is 0 Å². The number of nitrogens with one attached hydrogen (secondary N) is 1. The Morgan fingerprint density at radius 2 is 1.79 bits per heavy atom. The highest BCUT2D eigenvalue weighted by Gasteiger charge is 2.10. The lowest BCUT2D eigenvalue weighted by Gasteiger charge is -2.19. The maximum atomic E-state index is 7.44. The Morgan fingerprint density at radius 1 is 1.16 bits per heavy atom. The highest BCUT2D eigenvalue weighted by atomic mass is 16.5. The molecule has 0 unspecified atom stereocenters. The van der Waals surface area contributed by atoms with Gasteiger partial charge in [0, 0.05) is 11.6 Å². The number of rotatable bonds is 6. The molecule has 1 aromatic carbocycles. The summed E-state index contributed by atoms with van der Waals surface area (Å²) in [6.45, 7) is 6.91. The van der Waals surface area contributed by atoms with E-state index in [0.29, 0.717) is 30.3 Å². The van der Waals surface area contributed by atoms with Gasteiger partial charge in [0.25, 0.3) is 0 Å². The Bertz CT molecular complexity index is 439. The van der Waals surface area contributed by atoms with Crippen molar-refractivity contribution < 1.29 is 14.2 Å². The number of benzene rings is 1. The molecule has 0 fully saturated rings. The molecule has 0 spiro atoms. The molecule has 0 aromatic heterocycles. The Hall–Kier alpha value is -1.75. The van der Waals surface area contributed by atoms with Crippen LogP contribution in [0.1, 0.15) is 26.3 Å². The maximum absolute atomic E-state index is 7.44. The zero-order valence-corrected chi connectivity index (χ0v) is 11.9. The summed E-state index contributed by atoms with van der Waals surface area (Å²) in [7, 11) is 1.56. The second kappa shape index (κ2) is 6.43. The number of amidine groups is 1. The minimum Gasteiger partial charge on any atom is -0.497 e. The van der Waals surface area contributed by atoms with Crippen LogP contribution in [0.4, 0.5) is 0 Å². The van der Waals surface area contributed by atoms with E-state index < -0.39 is 0 Å². The third-order valence-corrected chi connectivity index (χ3v) is 2.31. The number of hydrogen-bond acceptors (Lipinski definition) is 4. The lowest BCUT2D eigenvalue weighted by molar-refractivity contribution is -0.0163. The third kappa shape index (κ3) is 5.61. The highest BCUT2D eigenvalue weighted by Crippen LogP contribution is 2.22. The normalized spacial score (nSPS) is 11.2. The third-order valence-electron chi connectivity index (χ3n) is 2.31. The van der Waals surface area contributed by atoms with Gasteiger partial charge in [-0.2, -0.15) is 0 Å². The molecule has 0 bridgehead atoms. The molecule has 1 rings (SSSR count). The van der Waals surface area contributed by atoms with Crippen molar-refractivity contribution in [1.82, 2.24) is 0 Å². The first-order valence-electron chi connectivity index (χ1n) is 6.12. The molecule has 3 N–H and O–H groups in total. The van der Waals surface area contributed by atoms with Crippen LogP contribution in [0.3, 0.4) is 0 Å². The van der Waals surface area contributed by atoms with Gasteiger partial charge in [-0.25, -0.2) is 0 Å². The first-order valence-corrected chi connectivity index (χ1v) is 6.12. The van der Waals surface area contributed by atoms with E-state index in [1.165, 1.54) is 0 Å². The summed E-state index contributed by atoms with van der Waals surface area (Å²) in [5.74, 6) is 1.20. The number of ether oxygens (including phenoxy) is 3. The summed E-state index contributed by atoms with van der Waals surface area (Å²) < 4.78 is 16.3. The lowest BCUT2D eigenvalue weighted by atomic mass is 10.2. The van der Waals surface area contributed by atoms with Crippen LogP contribution in [0.2, 0.25) is 0 Å². The zero-order valence-electron chi connectivity index (χ0n) is 11.9. The largest absolute Gasteiger partial charge is 0.497 e. The summed E-state index contributed by atoms with van der Waals surface area (Å²) >= 11 is 0. The van der Waals surface area contributed by atoms with Crippen LogP contribution < -0.4 is 15.2 Å². The molecule has 5 nitrogen and oxygen atoms in total. The van der Waals surface area contributed by atoms with E-state index in [1.54, 1.807) is 25.3 Å². The van der Waals surface area contributed by atoms with Crippen molar-refractivity contribution >= 4 is 5.84 Å². The fraction of sp³-hybridized carbons (Fsp3) is 0.500. The molecule has 0 aliphatic carbocycles. The monoisotopic (exact) mass is 266 g/mol. The van der Waals surface area contributed by atoms with E-state index in [-0.39, 0.29) is 11.4 Å². The van der Waals surface area contributed by atoms with E-state index >= 15 is 0 Å². The molecule has 0 atom stereocenters. The standard InChI is InChI=1S/C14H22N2O3/c1-14(2,3)19-6-5-18-12-8-10(13(15)16)7-11(9-12)17-4/h7-9H,5-6H2,1-4H3,(H3,15,16). The smallest absolute Gasteiger partial charge is 0.123 e. The molecule has 106 valence electrons. The van der Waals surface area contributed by atoms with Crippen LogP contribution in [0.5, 0.6) is 11.5 Å². The molecule has 0 saturated heterocycles. The molecule has 0 heterocycles. The molecular weight excluding hydrogens is 244 g/mol. The number of methoxy groups -OCH3 is 1. The maximum Gasteiger partial charge on any atom is 0.123 e. The Labute approximate surface area is 114 Å². The molecule has 0 aliphatic rings. The van der Waals surface area contributed by atoms with E-state index in [4.69, 9.17) is 25.4 Å². The van der Waals surface area contributed by atoms with Crippen molar-refractivity contribution in [2.24, 2.45) is 5.73 Å². The summed E-state index contributed by atoms with van der Waals surface area (Å²) in [6.07, 6.45) is 0. The van der Waals surface area contributed by atoms with Gasteiger partial charge in [0.05, 0.1) is 19.3 Å². The van der Waals surface area contributed by atoms with Gasteiger partial charge in [-0.15, -0.1) is 0 Å². The van der Waals surface area contributed by atoms with Crippen molar-refractivity contribution in [1.29, 1.82) is 5.41 Å². The van der Waals surface area contributed by atoms with Crippen molar-refractivity contribution in [2.75, 3.05) is 20.3 Å². The average Bonchev–Trinajstić information content (AvgIpc) is 2.33. The molecule has 19 heavy (non-hydrogen) atoms. The van der Waals surface area contributed by atoms with Crippen molar-refractivity contribution in [3.63, 3.8) is 0 Å². The molecule has 0 aliphatic heterocycles. The minimum atomic E-state index is -0.178. The number of nitrogen functional groups attached to an aromatic ring is 1. The summed E-state index contributed by atoms with van der Waals surface area (Å²) in [6, 6.07) is 5.16. The number of hydrogen-bond donors (Lipinski definition) is 2. The lowest BCUT2D eigenvalue weighted by Crippen LogP contribution is -2.22. The predicted octanol–water partition coefficient (Wildman–Crippen LogP) is 2.17. The van der Waals surface area contributed by atoms with Crippen molar-refractivity contribution in [3.8, 4) is 11.5 Å².